The van der Waals surface area contributed by atoms with Crippen LogP contribution in [0.2, 0.25) is 0 Å². The number of carbonyl (C=O) groups is 1. The maximum Gasteiger partial charge on any atom is 0.237 e. The Bertz CT molecular complexity index is 556. The molecular formula is C18H28Cl2FN3O2. The smallest absolute Gasteiger partial charge is 0.237 e. The zero-order valence-electron chi connectivity index (χ0n) is 14.7. The molecule has 2 aliphatic heterocycles. The van der Waals surface area contributed by atoms with E-state index in [1.807, 2.05) is 0 Å². The molecule has 2 saturated heterocycles. The third-order valence-electron chi connectivity index (χ3n) is 5.12. The lowest BCUT2D eigenvalue weighted by atomic mass is 9.92. The Balaban J connectivity index is 0.00000169. The molecule has 0 spiro atoms. The highest BCUT2D eigenvalue weighted by Crippen LogP contribution is 2.24. The van der Waals surface area contributed by atoms with E-state index < -0.39 is 6.04 Å². The van der Waals surface area contributed by atoms with E-state index >= 15 is 0 Å². The first-order valence-electron chi connectivity index (χ1n) is 8.75. The van der Waals surface area contributed by atoms with Gasteiger partial charge in [-0.1, -0.05) is 0 Å². The van der Waals surface area contributed by atoms with Gasteiger partial charge in [0.2, 0.25) is 5.91 Å². The van der Waals surface area contributed by atoms with Gasteiger partial charge >= 0.3 is 0 Å². The van der Waals surface area contributed by atoms with E-state index in [1.54, 1.807) is 12.1 Å². The van der Waals surface area contributed by atoms with E-state index in [2.05, 4.69) is 10.2 Å². The maximum atomic E-state index is 13.0. The van der Waals surface area contributed by atoms with Gasteiger partial charge in [0.1, 0.15) is 5.82 Å². The van der Waals surface area contributed by atoms with Crippen molar-refractivity contribution in [2.75, 3.05) is 37.7 Å². The van der Waals surface area contributed by atoms with E-state index in [1.165, 1.54) is 12.1 Å². The van der Waals surface area contributed by atoms with Crippen molar-refractivity contribution < 1.29 is 13.9 Å². The number of hydrogen-bond acceptors (Lipinski definition) is 4. The van der Waals surface area contributed by atoms with E-state index in [0.29, 0.717) is 25.7 Å². The first-order valence-corrected chi connectivity index (χ1v) is 8.75. The molecule has 2 unspecified atom stereocenters. The third-order valence-corrected chi connectivity index (χ3v) is 5.12. The van der Waals surface area contributed by atoms with Crippen molar-refractivity contribution in [1.82, 2.24) is 5.32 Å². The lowest BCUT2D eigenvalue weighted by Crippen LogP contribution is -2.48. The van der Waals surface area contributed by atoms with Crippen LogP contribution in [0.1, 0.15) is 19.3 Å². The monoisotopic (exact) mass is 407 g/mol. The van der Waals surface area contributed by atoms with Gasteiger partial charge in [0, 0.05) is 38.5 Å². The molecule has 26 heavy (non-hydrogen) atoms. The molecule has 2 atom stereocenters. The van der Waals surface area contributed by atoms with E-state index in [9.17, 15) is 9.18 Å². The van der Waals surface area contributed by atoms with Gasteiger partial charge in [-0.3, -0.25) is 4.79 Å². The largest absolute Gasteiger partial charge is 0.381 e. The normalized spacial score (nSPS) is 21.5. The Hall–Kier alpha value is -1.08. The fraction of sp³-hybridized carbons (Fsp3) is 0.611. The minimum atomic E-state index is -0.441. The van der Waals surface area contributed by atoms with Gasteiger partial charge in [0.05, 0.1) is 6.04 Å². The van der Waals surface area contributed by atoms with Crippen molar-refractivity contribution in [1.29, 1.82) is 0 Å². The molecule has 0 bridgehead atoms. The summed E-state index contributed by atoms with van der Waals surface area (Å²) in [7, 11) is 0. The molecular weight excluding hydrogens is 380 g/mol. The second-order valence-electron chi connectivity index (χ2n) is 6.80. The van der Waals surface area contributed by atoms with Crippen molar-refractivity contribution in [3.63, 3.8) is 0 Å². The zero-order valence-corrected chi connectivity index (χ0v) is 16.4. The van der Waals surface area contributed by atoms with Crippen LogP contribution in [0.4, 0.5) is 10.1 Å². The number of hydrogen-bond donors (Lipinski definition) is 2. The van der Waals surface area contributed by atoms with Crippen LogP contribution in [0, 0.1) is 17.7 Å². The molecule has 5 nitrogen and oxygen atoms in total. The highest BCUT2D eigenvalue weighted by molar-refractivity contribution is 5.85. The number of rotatable bonds is 5. The second kappa shape index (κ2) is 10.9. The average Bonchev–Trinajstić information content (AvgIpc) is 3.09. The number of nitrogens with two attached hydrogens (primary N) is 1. The highest BCUT2D eigenvalue weighted by Gasteiger charge is 2.28. The molecule has 0 saturated carbocycles. The molecule has 0 aliphatic carbocycles. The van der Waals surface area contributed by atoms with Crippen molar-refractivity contribution in [2.24, 2.45) is 17.6 Å². The molecule has 148 valence electrons. The molecule has 2 fully saturated rings. The molecule has 2 heterocycles. The van der Waals surface area contributed by atoms with E-state index in [0.717, 1.165) is 38.0 Å². The molecule has 0 aromatic heterocycles. The van der Waals surface area contributed by atoms with Crippen LogP contribution < -0.4 is 16.0 Å². The predicted molar refractivity (Wildman–Crippen MR) is 106 cm³/mol. The summed E-state index contributed by atoms with van der Waals surface area (Å²) in [5, 5.41) is 3.01. The van der Waals surface area contributed by atoms with Crippen molar-refractivity contribution in [3.05, 3.63) is 30.1 Å². The molecule has 3 N–H and O–H groups in total. The zero-order chi connectivity index (χ0) is 16.9. The first-order chi connectivity index (χ1) is 11.6. The minimum Gasteiger partial charge on any atom is -0.381 e. The molecule has 1 amide bonds. The predicted octanol–water partition coefficient (Wildman–Crippen LogP) is 2.37. The van der Waals surface area contributed by atoms with Crippen LogP contribution in [-0.2, 0) is 9.53 Å². The molecule has 0 radical (unpaired) electrons. The van der Waals surface area contributed by atoms with Crippen molar-refractivity contribution >= 4 is 36.4 Å². The second-order valence-corrected chi connectivity index (χ2v) is 6.80. The van der Waals surface area contributed by atoms with Gasteiger partial charge < -0.3 is 20.7 Å². The molecule has 1 aromatic rings. The summed E-state index contributed by atoms with van der Waals surface area (Å²) in [6.45, 7) is 3.84. The number of nitrogens with zero attached hydrogens (tertiary/aromatic N) is 1. The lowest BCUT2D eigenvalue weighted by molar-refractivity contribution is -0.124. The van der Waals surface area contributed by atoms with Gasteiger partial charge in [-0.25, -0.2) is 4.39 Å². The highest BCUT2D eigenvalue weighted by atomic mass is 35.5. The van der Waals surface area contributed by atoms with Crippen molar-refractivity contribution in [2.45, 2.75) is 25.3 Å². The number of ether oxygens (including phenoxy) is 1. The SMILES string of the molecule is Cl.Cl.NC(C(=O)NCC1CCN(c2ccc(F)cc2)C1)C1CCOCC1. The summed E-state index contributed by atoms with van der Waals surface area (Å²) >= 11 is 0. The maximum absolute atomic E-state index is 13.0. The fourth-order valence-electron chi connectivity index (χ4n) is 3.54. The summed E-state index contributed by atoms with van der Waals surface area (Å²) in [4.78, 5) is 14.5. The number of benzene rings is 1. The Morgan fingerprint density at radius 1 is 1.23 bits per heavy atom. The van der Waals surface area contributed by atoms with Crippen molar-refractivity contribution in [3.8, 4) is 0 Å². The van der Waals surface area contributed by atoms with Crippen LogP contribution in [0.3, 0.4) is 0 Å². The number of anilines is 1. The van der Waals surface area contributed by atoms with Gasteiger partial charge in [-0.05, 0) is 55.4 Å². The third kappa shape index (κ3) is 5.98. The number of nitrogens with one attached hydrogen (secondary N) is 1. The van der Waals surface area contributed by atoms with E-state index in [-0.39, 0.29) is 42.5 Å². The summed E-state index contributed by atoms with van der Waals surface area (Å²) in [6, 6.07) is 6.13. The van der Waals surface area contributed by atoms with Gasteiger partial charge in [-0.15, -0.1) is 24.8 Å². The molecule has 3 rings (SSSR count). The number of carbonyl (C=O) groups excluding carboxylic acids is 1. The van der Waals surface area contributed by atoms with Crippen LogP contribution in [0.5, 0.6) is 0 Å². The van der Waals surface area contributed by atoms with Crippen LogP contribution in [-0.4, -0.2) is 44.8 Å². The summed E-state index contributed by atoms with van der Waals surface area (Å²) in [5.74, 6) is 0.352. The van der Waals surface area contributed by atoms with E-state index in [4.69, 9.17) is 10.5 Å². The summed E-state index contributed by atoms with van der Waals surface area (Å²) in [6.07, 6.45) is 2.73. The van der Waals surface area contributed by atoms with Gasteiger partial charge in [0.15, 0.2) is 0 Å². The quantitative estimate of drug-likeness (QED) is 0.785. The minimum absolute atomic E-state index is 0. The first kappa shape index (κ1) is 23.0. The standard InChI is InChI=1S/C18H26FN3O2.2ClH/c19-15-1-3-16(4-2-15)22-8-5-13(12-22)11-21-18(23)17(20)14-6-9-24-10-7-14;;/h1-4,13-14,17H,5-12,20H2,(H,21,23);2*1H. The summed E-state index contributed by atoms with van der Waals surface area (Å²) in [5.41, 5.74) is 7.13. The molecule has 8 heteroatoms. The van der Waals surface area contributed by atoms with Crippen LogP contribution in [0.25, 0.3) is 0 Å². The van der Waals surface area contributed by atoms with Crippen LogP contribution >= 0.6 is 24.8 Å². The van der Waals surface area contributed by atoms with Crippen LogP contribution in [0.15, 0.2) is 24.3 Å². The molecule has 2 aliphatic rings. The lowest BCUT2D eigenvalue weighted by Gasteiger charge is -2.27. The number of amides is 1. The molecule has 1 aromatic carbocycles. The number of halogens is 3. The van der Waals surface area contributed by atoms with Gasteiger partial charge in [0.25, 0.3) is 0 Å². The Kier molecular flexibility index (Phi) is 9.64. The topological polar surface area (TPSA) is 67.6 Å². The van der Waals surface area contributed by atoms with Gasteiger partial charge in [-0.2, -0.15) is 0 Å². The summed E-state index contributed by atoms with van der Waals surface area (Å²) < 4.78 is 18.3. The Labute approximate surface area is 166 Å². The fourth-order valence-corrected chi connectivity index (χ4v) is 3.54. The Morgan fingerprint density at radius 3 is 2.54 bits per heavy atom. The Morgan fingerprint density at radius 2 is 1.88 bits per heavy atom. The average molecular weight is 408 g/mol.